The number of fused-ring (bicyclic) bond motifs is 1. The molecule has 0 bridgehead atoms. The molecule has 210 valence electrons. The second kappa shape index (κ2) is 11.0. The molecule has 5 rings (SSSR count). The highest BCUT2D eigenvalue weighted by Crippen LogP contribution is 2.44. The zero-order chi connectivity index (χ0) is 28.7. The van der Waals surface area contributed by atoms with Crippen LogP contribution in [0.4, 0.5) is 10.2 Å². The van der Waals surface area contributed by atoms with E-state index in [9.17, 15) is 4.79 Å². The number of pyridine rings is 1. The van der Waals surface area contributed by atoms with Gasteiger partial charge in [-0.15, -0.1) is 0 Å². The fourth-order valence-corrected chi connectivity index (χ4v) is 5.54. The van der Waals surface area contributed by atoms with Crippen LogP contribution in [0.5, 0.6) is 5.75 Å². The normalized spacial score (nSPS) is 15.2. The SMILES string of the molecule is Cc1nc([C@@H](C)c2cc(Cl)c(F)c(-c3ccc(C(=O)N4CCC(C)CC4)nc3)c2OC(C)C)n2ccnc(N)c12. The van der Waals surface area contributed by atoms with Crippen molar-refractivity contribution in [2.75, 3.05) is 18.8 Å². The number of aromatic nitrogens is 4. The second-order valence-corrected chi connectivity index (χ2v) is 11.3. The maximum Gasteiger partial charge on any atom is 0.272 e. The molecule has 1 aromatic carbocycles. The molecular formula is C30H34ClFN6O2. The molecule has 1 amide bonds. The largest absolute Gasteiger partial charge is 0.490 e. The van der Waals surface area contributed by atoms with E-state index in [-0.39, 0.29) is 28.5 Å². The van der Waals surface area contributed by atoms with Crippen molar-refractivity contribution in [1.82, 2.24) is 24.3 Å². The van der Waals surface area contributed by atoms with Gasteiger partial charge in [0.2, 0.25) is 0 Å². The zero-order valence-corrected chi connectivity index (χ0v) is 24.2. The third-order valence-corrected chi connectivity index (χ3v) is 7.81. The average Bonchev–Trinajstić information content (AvgIpc) is 3.28. The fraction of sp³-hybridized carbons (Fsp3) is 0.400. The Morgan fingerprint density at radius 3 is 2.58 bits per heavy atom. The number of amides is 1. The van der Waals surface area contributed by atoms with Gasteiger partial charge in [0, 0.05) is 48.7 Å². The molecule has 3 aromatic heterocycles. The zero-order valence-electron chi connectivity index (χ0n) is 23.4. The van der Waals surface area contributed by atoms with Gasteiger partial charge in [-0.1, -0.05) is 31.5 Å². The average molecular weight is 565 g/mol. The Kier molecular flexibility index (Phi) is 7.68. The van der Waals surface area contributed by atoms with Crippen LogP contribution in [-0.4, -0.2) is 49.4 Å². The number of hydrogen-bond acceptors (Lipinski definition) is 6. The van der Waals surface area contributed by atoms with Gasteiger partial charge in [0.05, 0.1) is 22.4 Å². The minimum absolute atomic E-state index is 0.0469. The van der Waals surface area contributed by atoms with Crippen molar-refractivity contribution in [3.8, 4) is 16.9 Å². The molecule has 0 unspecified atom stereocenters. The molecule has 0 radical (unpaired) electrons. The summed E-state index contributed by atoms with van der Waals surface area (Å²) in [5.74, 6) is 0.959. The van der Waals surface area contributed by atoms with Gasteiger partial charge in [0.25, 0.3) is 5.91 Å². The number of imidazole rings is 1. The number of nitrogens with zero attached hydrogens (tertiary/aromatic N) is 5. The Bertz CT molecular complexity index is 1560. The third-order valence-electron chi connectivity index (χ3n) is 7.53. The number of anilines is 1. The Morgan fingerprint density at radius 2 is 1.93 bits per heavy atom. The molecule has 2 N–H and O–H groups in total. The lowest BCUT2D eigenvalue weighted by Crippen LogP contribution is -2.38. The number of piperidine rings is 1. The minimum atomic E-state index is -0.614. The number of nitrogen functional groups attached to an aromatic ring is 1. The lowest BCUT2D eigenvalue weighted by molar-refractivity contribution is 0.0691. The van der Waals surface area contributed by atoms with E-state index in [1.54, 1.807) is 30.6 Å². The van der Waals surface area contributed by atoms with Gasteiger partial charge in [-0.3, -0.25) is 14.2 Å². The van der Waals surface area contributed by atoms with Crippen LogP contribution < -0.4 is 10.5 Å². The van der Waals surface area contributed by atoms with Gasteiger partial charge in [-0.2, -0.15) is 0 Å². The van der Waals surface area contributed by atoms with Gasteiger partial charge in [0.15, 0.2) is 5.82 Å². The van der Waals surface area contributed by atoms with E-state index in [0.717, 1.165) is 24.1 Å². The summed E-state index contributed by atoms with van der Waals surface area (Å²) in [5.41, 5.74) is 9.24. The van der Waals surface area contributed by atoms with Crippen LogP contribution >= 0.6 is 11.6 Å². The standard InChI is InChI=1S/C30H34ClFN6O2/c1-16(2)40-27-21(18(4)29-36-19(5)26-28(33)34-10-13-38(26)29)14-22(31)25(32)24(27)20-6-7-23(35-15-20)30(39)37-11-8-17(3)9-12-37/h6-7,10,13-18H,8-9,11-12H2,1-5H3,(H2,33,34)/t18-/m0/s1. The van der Waals surface area contributed by atoms with E-state index in [1.165, 1.54) is 6.20 Å². The third kappa shape index (κ3) is 5.10. The summed E-state index contributed by atoms with van der Waals surface area (Å²) in [6.07, 6.45) is 6.63. The second-order valence-electron chi connectivity index (χ2n) is 10.8. The van der Waals surface area contributed by atoms with E-state index in [4.69, 9.17) is 27.1 Å². The van der Waals surface area contributed by atoms with Crippen molar-refractivity contribution in [1.29, 1.82) is 0 Å². The monoisotopic (exact) mass is 564 g/mol. The summed E-state index contributed by atoms with van der Waals surface area (Å²) >= 11 is 6.48. The van der Waals surface area contributed by atoms with Crippen molar-refractivity contribution >= 4 is 28.8 Å². The molecule has 0 aliphatic carbocycles. The quantitative estimate of drug-likeness (QED) is 0.296. The first-order valence-corrected chi connectivity index (χ1v) is 14.0. The van der Waals surface area contributed by atoms with Crippen molar-refractivity contribution < 1.29 is 13.9 Å². The minimum Gasteiger partial charge on any atom is -0.490 e. The maximum atomic E-state index is 15.8. The van der Waals surface area contributed by atoms with Crippen molar-refractivity contribution in [2.45, 2.75) is 59.5 Å². The Balaban J connectivity index is 1.59. The lowest BCUT2D eigenvalue weighted by atomic mass is 9.93. The molecule has 1 aliphatic heterocycles. The number of carbonyl (C=O) groups excluding carboxylic acids is 1. The van der Waals surface area contributed by atoms with E-state index in [2.05, 4.69) is 16.9 Å². The summed E-state index contributed by atoms with van der Waals surface area (Å²) in [6, 6.07) is 4.93. The predicted octanol–water partition coefficient (Wildman–Crippen LogP) is 6.29. The number of likely N-dealkylation sites (tertiary alicyclic amines) is 1. The molecule has 4 aromatic rings. The number of carbonyl (C=O) groups is 1. The predicted molar refractivity (Wildman–Crippen MR) is 154 cm³/mol. The van der Waals surface area contributed by atoms with E-state index in [1.807, 2.05) is 37.0 Å². The molecule has 40 heavy (non-hydrogen) atoms. The number of nitrogens with two attached hydrogens (primary N) is 1. The topological polar surface area (TPSA) is 98.6 Å². The van der Waals surface area contributed by atoms with Gasteiger partial charge in [0.1, 0.15) is 28.6 Å². The van der Waals surface area contributed by atoms with E-state index >= 15 is 4.39 Å². The van der Waals surface area contributed by atoms with Crippen molar-refractivity contribution in [3.63, 3.8) is 0 Å². The van der Waals surface area contributed by atoms with Gasteiger partial charge >= 0.3 is 0 Å². The highest BCUT2D eigenvalue weighted by molar-refractivity contribution is 6.31. The number of rotatable bonds is 6. The van der Waals surface area contributed by atoms with Crippen molar-refractivity contribution in [3.05, 3.63) is 70.4 Å². The molecule has 1 atom stereocenters. The number of ether oxygens (including phenoxy) is 1. The highest BCUT2D eigenvalue weighted by Gasteiger charge is 2.28. The maximum absolute atomic E-state index is 15.8. The smallest absolute Gasteiger partial charge is 0.272 e. The van der Waals surface area contributed by atoms with E-state index < -0.39 is 5.82 Å². The molecule has 0 saturated carbocycles. The number of hydrogen-bond donors (Lipinski definition) is 1. The highest BCUT2D eigenvalue weighted by atomic mass is 35.5. The summed E-state index contributed by atoms with van der Waals surface area (Å²) < 4.78 is 23.9. The Hall–Kier alpha value is -3.72. The fourth-order valence-electron chi connectivity index (χ4n) is 5.33. The number of benzene rings is 1. The molecule has 1 saturated heterocycles. The van der Waals surface area contributed by atoms with E-state index in [0.29, 0.717) is 53.2 Å². The van der Waals surface area contributed by atoms with Gasteiger partial charge < -0.3 is 15.4 Å². The van der Waals surface area contributed by atoms with Gasteiger partial charge in [-0.25, -0.2) is 14.4 Å². The molecule has 1 aliphatic rings. The summed E-state index contributed by atoms with van der Waals surface area (Å²) in [5, 5.41) is -0.0469. The summed E-state index contributed by atoms with van der Waals surface area (Å²) in [4.78, 5) is 28.3. The molecule has 1 fully saturated rings. The number of halogens is 2. The summed E-state index contributed by atoms with van der Waals surface area (Å²) in [6.45, 7) is 11.2. The van der Waals surface area contributed by atoms with Crippen LogP contribution in [-0.2, 0) is 0 Å². The Labute approximate surface area is 238 Å². The van der Waals surface area contributed by atoms with Crippen LogP contribution in [0.2, 0.25) is 5.02 Å². The van der Waals surface area contributed by atoms with Crippen LogP contribution in [0.3, 0.4) is 0 Å². The first-order valence-electron chi connectivity index (χ1n) is 13.6. The molecular weight excluding hydrogens is 531 g/mol. The van der Waals surface area contributed by atoms with Crippen LogP contribution in [0, 0.1) is 18.7 Å². The molecule has 4 heterocycles. The summed E-state index contributed by atoms with van der Waals surface area (Å²) in [7, 11) is 0. The van der Waals surface area contributed by atoms with Crippen LogP contribution in [0.1, 0.15) is 74.0 Å². The Morgan fingerprint density at radius 1 is 1.20 bits per heavy atom. The van der Waals surface area contributed by atoms with Crippen LogP contribution in [0.15, 0.2) is 36.8 Å². The molecule has 8 nitrogen and oxygen atoms in total. The van der Waals surface area contributed by atoms with Gasteiger partial charge in [-0.05, 0) is 51.7 Å². The van der Waals surface area contributed by atoms with Crippen LogP contribution in [0.25, 0.3) is 16.6 Å². The molecule has 0 spiro atoms. The van der Waals surface area contributed by atoms with Crippen molar-refractivity contribution in [2.24, 2.45) is 5.92 Å². The lowest BCUT2D eigenvalue weighted by Gasteiger charge is -2.30. The first kappa shape index (κ1) is 27.8. The molecule has 10 heteroatoms. The first-order chi connectivity index (χ1) is 19.1. The number of aryl methyl sites for hydroxylation is 1.